The van der Waals surface area contributed by atoms with Crippen LogP contribution in [-0.4, -0.2) is 70.1 Å². The van der Waals surface area contributed by atoms with Gasteiger partial charge in [0.2, 0.25) is 0 Å². The van der Waals surface area contributed by atoms with Crippen LogP contribution in [0.4, 0.5) is 4.79 Å². The summed E-state index contributed by atoms with van der Waals surface area (Å²) in [6.45, 7) is 1.79. The Hall–Kier alpha value is -0.950. The topological polar surface area (TPSA) is 86.9 Å². The van der Waals surface area contributed by atoms with E-state index in [0.717, 1.165) is 18.6 Å². The molecule has 2 aliphatic heterocycles. The Kier molecular flexibility index (Phi) is 4.34. The number of piperidine rings is 1. The molecule has 0 aromatic heterocycles. The number of rotatable bonds is 1. The Morgan fingerprint density at radius 2 is 1.89 bits per heavy atom. The van der Waals surface area contributed by atoms with Gasteiger partial charge in [-0.3, -0.25) is 0 Å². The Morgan fingerprint density at radius 3 is 2.50 bits per heavy atom. The zero-order valence-electron chi connectivity index (χ0n) is 10.2. The lowest BCUT2D eigenvalue weighted by atomic mass is 10.1. The molecule has 2 amide bonds. The standard InChI is InChI=1S/C11H19N3O3S/c12-8-1-3-13(4-2-8)11(17)14-5-6-18-7-9(14)10(15)16/h8-9H,1-7,12H2,(H,15,16). The van der Waals surface area contributed by atoms with Crippen molar-refractivity contribution in [1.29, 1.82) is 0 Å². The van der Waals surface area contributed by atoms with E-state index >= 15 is 0 Å². The zero-order valence-corrected chi connectivity index (χ0v) is 11.1. The molecule has 0 radical (unpaired) electrons. The Labute approximate surface area is 110 Å². The van der Waals surface area contributed by atoms with E-state index in [2.05, 4.69) is 0 Å². The number of nitrogens with zero attached hydrogens (tertiary/aromatic N) is 2. The number of hydrogen-bond acceptors (Lipinski definition) is 4. The fraction of sp³-hybridized carbons (Fsp3) is 0.818. The van der Waals surface area contributed by atoms with Crippen molar-refractivity contribution in [2.24, 2.45) is 5.73 Å². The predicted octanol–water partition coefficient (Wildman–Crippen LogP) is 0.0315. The molecule has 0 aliphatic carbocycles. The van der Waals surface area contributed by atoms with Crippen LogP contribution in [-0.2, 0) is 4.79 Å². The second kappa shape index (κ2) is 5.79. The predicted molar refractivity (Wildman–Crippen MR) is 69.6 cm³/mol. The van der Waals surface area contributed by atoms with Crippen LogP contribution in [0.3, 0.4) is 0 Å². The molecular formula is C11H19N3O3S. The van der Waals surface area contributed by atoms with Crippen LogP contribution in [0, 0.1) is 0 Å². The first kappa shape index (κ1) is 13.5. The summed E-state index contributed by atoms with van der Waals surface area (Å²) < 4.78 is 0. The van der Waals surface area contributed by atoms with Crippen LogP contribution in [0.2, 0.25) is 0 Å². The second-order valence-corrected chi connectivity index (χ2v) is 5.88. The molecule has 2 heterocycles. The largest absolute Gasteiger partial charge is 0.480 e. The summed E-state index contributed by atoms with van der Waals surface area (Å²) in [6.07, 6.45) is 1.60. The van der Waals surface area contributed by atoms with Gasteiger partial charge in [0, 0.05) is 37.2 Å². The van der Waals surface area contributed by atoms with Gasteiger partial charge in [-0.25, -0.2) is 9.59 Å². The Bertz CT molecular complexity index is 331. The number of likely N-dealkylation sites (tertiary alicyclic amines) is 1. The van der Waals surface area contributed by atoms with Gasteiger partial charge >= 0.3 is 12.0 Å². The van der Waals surface area contributed by atoms with E-state index in [9.17, 15) is 9.59 Å². The first-order valence-corrected chi connectivity index (χ1v) is 7.36. The van der Waals surface area contributed by atoms with Crippen LogP contribution < -0.4 is 5.73 Å². The lowest BCUT2D eigenvalue weighted by molar-refractivity contribution is -0.141. The normalized spacial score (nSPS) is 26.2. The lowest BCUT2D eigenvalue weighted by Crippen LogP contribution is -2.56. The molecule has 2 rings (SSSR count). The van der Waals surface area contributed by atoms with E-state index in [1.807, 2.05) is 0 Å². The van der Waals surface area contributed by atoms with Gasteiger partial charge in [0.05, 0.1) is 0 Å². The SMILES string of the molecule is NC1CCN(C(=O)N2CCSCC2C(=O)O)CC1. The van der Waals surface area contributed by atoms with Gasteiger partial charge in [-0.15, -0.1) is 0 Å². The van der Waals surface area contributed by atoms with Crippen molar-refractivity contribution in [2.45, 2.75) is 24.9 Å². The smallest absolute Gasteiger partial charge is 0.327 e. The number of carbonyl (C=O) groups is 2. The van der Waals surface area contributed by atoms with Crippen molar-refractivity contribution in [3.05, 3.63) is 0 Å². The highest BCUT2D eigenvalue weighted by molar-refractivity contribution is 7.99. The molecule has 0 aromatic rings. The highest BCUT2D eigenvalue weighted by atomic mass is 32.2. The van der Waals surface area contributed by atoms with Crippen LogP contribution >= 0.6 is 11.8 Å². The number of carbonyl (C=O) groups excluding carboxylic acids is 1. The molecule has 0 spiro atoms. The zero-order chi connectivity index (χ0) is 13.1. The lowest BCUT2D eigenvalue weighted by Gasteiger charge is -2.39. The number of carboxylic acids is 1. The maximum absolute atomic E-state index is 12.3. The average molecular weight is 273 g/mol. The average Bonchev–Trinajstić information content (AvgIpc) is 2.39. The molecule has 3 N–H and O–H groups in total. The molecule has 7 heteroatoms. The maximum atomic E-state index is 12.3. The highest BCUT2D eigenvalue weighted by Crippen LogP contribution is 2.20. The summed E-state index contributed by atoms with van der Waals surface area (Å²) in [4.78, 5) is 26.7. The monoisotopic (exact) mass is 273 g/mol. The van der Waals surface area contributed by atoms with Crippen molar-refractivity contribution >= 4 is 23.8 Å². The number of aliphatic carboxylic acids is 1. The van der Waals surface area contributed by atoms with Crippen LogP contribution in [0.25, 0.3) is 0 Å². The van der Waals surface area contributed by atoms with E-state index in [1.165, 1.54) is 4.90 Å². The molecule has 2 aliphatic rings. The minimum Gasteiger partial charge on any atom is -0.480 e. The maximum Gasteiger partial charge on any atom is 0.327 e. The summed E-state index contributed by atoms with van der Waals surface area (Å²) in [5.74, 6) is 0.376. The number of amides is 2. The fourth-order valence-corrected chi connectivity index (χ4v) is 3.35. The van der Waals surface area contributed by atoms with Gasteiger partial charge in [-0.05, 0) is 12.8 Å². The van der Waals surface area contributed by atoms with E-state index < -0.39 is 12.0 Å². The molecule has 0 saturated carbocycles. The number of thioether (sulfide) groups is 1. The van der Waals surface area contributed by atoms with Crippen molar-refractivity contribution in [2.75, 3.05) is 31.1 Å². The van der Waals surface area contributed by atoms with Crippen molar-refractivity contribution in [3.8, 4) is 0 Å². The van der Waals surface area contributed by atoms with Crippen molar-refractivity contribution < 1.29 is 14.7 Å². The molecule has 102 valence electrons. The Morgan fingerprint density at radius 1 is 1.22 bits per heavy atom. The first-order chi connectivity index (χ1) is 8.59. The summed E-state index contributed by atoms with van der Waals surface area (Å²) in [5.41, 5.74) is 5.80. The molecule has 2 fully saturated rings. The third-order valence-electron chi connectivity index (χ3n) is 3.47. The number of nitrogens with two attached hydrogens (primary N) is 1. The van der Waals surface area contributed by atoms with E-state index in [-0.39, 0.29) is 12.1 Å². The number of urea groups is 1. The highest BCUT2D eigenvalue weighted by Gasteiger charge is 2.35. The minimum absolute atomic E-state index is 0.144. The second-order valence-electron chi connectivity index (χ2n) is 4.73. The third-order valence-corrected chi connectivity index (χ3v) is 4.49. The van der Waals surface area contributed by atoms with Gasteiger partial charge in [0.1, 0.15) is 6.04 Å². The van der Waals surface area contributed by atoms with Crippen molar-refractivity contribution in [1.82, 2.24) is 9.80 Å². The van der Waals surface area contributed by atoms with E-state index in [0.29, 0.717) is 25.4 Å². The summed E-state index contributed by atoms with van der Waals surface area (Å²) in [5, 5.41) is 9.15. The third kappa shape index (κ3) is 2.89. The van der Waals surface area contributed by atoms with Gasteiger partial charge in [0.15, 0.2) is 0 Å². The number of hydrogen-bond donors (Lipinski definition) is 2. The molecule has 1 unspecified atom stereocenters. The fourth-order valence-electron chi connectivity index (χ4n) is 2.31. The Balaban J connectivity index is 2.00. The van der Waals surface area contributed by atoms with Crippen LogP contribution in [0.15, 0.2) is 0 Å². The molecule has 1 atom stereocenters. The molecule has 6 nitrogen and oxygen atoms in total. The first-order valence-electron chi connectivity index (χ1n) is 6.21. The summed E-state index contributed by atoms with van der Waals surface area (Å²) >= 11 is 1.59. The molecular weight excluding hydrogens is 254 g/mol. The summed E-state index contributed by atoms with van der Waals surface area (Å²) in [7, 11) is 0. The van der Waals surface area contributed by atoms with E-state index in [1.54, 1.807) is 16.7 Å². The van der Waals surface area contributed by atoms with Crippen molar-refractivity contribution in [3.63, 3.8) is 0 Å². The van der Waals surface area contributed by atoms with Gasteiger partial charge in [-0.2, -0.15) is 11.8 Å². The molecule has 18 heavy (non-hydrogen) atoms. The van der Waals surface area contributed by atoms with E-state index in [4.69, 9.17) is 10.8 Å². The molecule has 2 saturated heterocycles. The number of carboxylic acid groups (broad SMARTS) is 1. The quantitative estimate of drug-likeness (QED) is 0.704. The summed E-state index contributed by atoms with van der Waals surface area (Å²) in [6, 6.07) is -0.664. The van der Waals surface area contributed by atoms with Gasteiger partial charge in [0.25, 0.3) is 0 Å². The van der Waals surface area contributed by atoms with Gasteiger partial charge in [-0.1, -0.05) is 0 Å². The molecule has 0 aromatic carbocycles. The minimum atomic E-state index is -0.913. The van der Waals surface area contributed by atoms with Crippen LogP contribution in [0.1, 0.15) is 12.8 Å². The molecule has 0 bridgehead atoms. The van der Waals surface area contributed by atoms with Crippen LogP contribution in [0.5, 0.6) is 0 Å². The van der Waals surface area contributed by atoms with Gasteiger partial charge < -0.3 is 20.6 Å².